The molecule has 1 amide bonds. The van der Waals surface area contributed by atoms with Gasteiger partial charge >= 0.3 is 0 Å². The molecule has 0 N–H and O–H groups in total. The summed E-state index contributed by atoms with van der Waals surface area (Å²) >= 11 is 0. The number of carbonyl (C=O) groups is 1. The number of pyridine rings is 2. The molecule has 1 saturated carbocycles. The molecule has 2 aliphatic rings. The van der Waals surface area contributed by atoms with Crippen molar-refractivity contribution >= 4 is 5.91 Å². The maximum Gasteiger partial charge on any atom is 0.223 e. The van der Waals surface area contributed by atoms with Crippen molar-refractivity contribution in [2.24, 2.45) is 5.92 Å². The molecular weight excluding hydrogens is 384 g/mol. The van der Waals surface area contributed by atoms with E-state index in [1.165, 1.54) is 51.5 Å². The Kier molecular flexibility index (Phi) is 8.05. The molecule has 0 aromatic carbocycles. The van der Waals surface area contributed by atoms with Crippen LogP contribution in [0.3, 0.4) is 0 Å². The molecule has 3 heterocycles. The van der Waals surface area contributed by atoms with Crippen LogP contribution in [0.4, 0.5) is 0 Å². The number of rotatable bonds is 8. The van der Waals surface area contributed by atoms with Crippen LogP contribution in [0.2, 0.25) is 0 Å². The van der Waals surface area contributed by atoms with Gasteiger partial charge in [0.1, 0.15) is 0 Å². The Labute approximate surface area is 186 Å². The van der Waals surface area contributed by atoms with Gasteiger partial charge in [-0.1, -0.05) is 31.4 Å². The maximum absolute atomic E-state index is 13.2. The third-order valence-electron chi connectivity index (χ3n) is 6.92. The smallest absolute Gasteiger partial charge is 0.223 e. The third-order valence-corrected chi connectivity index (χ3v) is 6.92. The van der Waals surface area contributed by atoms with Crippen molar-refractivity contribution in [1.82, 2.24) is 19.8 Å². The Bertz CT molecular complexity index is 792. The minimum Gasteiger partial charge on any atom is -0.338 e. The van der Waals surface area contributed by atoms with Gasteiger partial charge in [0.25, 0.3) is 0 Å². The average Bonchev–Trinajstić information content (AvgIpc) is 2.84. The lowest BCUT2D eigenvalue weighted by atomic mass is 9.90. The van der Waals surface area contributed by atoms with Crippen LogP contribution in [-0.4, -0.2) is 51.4 Å². The van der Waals surface area contributed by atoms with E-state index in [0.717, 1.165) is 36.7 Å². The summed E-state index contributed by atoms with van der Waals surface area (Å²) in [4.78, 5) is 26.5. The summed E-state index contributed by atoms with van der Waals surface area (Å²) in [5.41, 5.74) is 2.23. The lowest BCUT2D eigenvalue weighted by Crippen LogP contribution is -2.47. The van der Waals surface area contributed by atoms with Crippen LogP contribution in [0.15, 0.2) is 49.1 Å². The Morgan fingerprint density at radius 3 is 2.42 bits per heavy atom. The van der Waals surface area contributed by atoms with Gasteiger partial charge in [-0.25, -0.2) is 0 Å². The van der Waals surface area contributed by atoms with E-state index in [9.17, 15) is 4.79 Å². The summed E-state index contributed by atoms with van der Waals surface area (Å²) in [6, 6.07) is 8.79. The van der Waals surface area contributed by atoms with Crippen LogP contribution in [0.25, 0.3) is 0 Å². The monoisotopic (exact) mass is 420 g/mol. The molecule has 2 fully saturated rings. The molecule has 5 heteroatoms. The van der Waals surface area contributed by atoms with E-state index >= 15 is 0 Å². The zero-order valence-electron chi connectivity index (χ0n) is 18.7. The number of piperidine rings is 1. The highest BCUT2D eigenvalue weighted by Gasteiger charge is 2.29. The molecule has 1 aliphatic carbocycles. The molecule has 4 rings (SSSR count). The molecule has 2 aromatic rings. The molecule has 1 atom stereocenters. The van der Waals surface area contributed by atoms with Crippen molar-refractivity contribution in [3.05, 3.63) is 60.2 Å². The summed E-state index contributed by atoms with van der Waals surface area (Å²) in [6.07, 6.45) is 18.0. The minimum absolute atomic E-state index is 0.238. The predicted molar refractivity (Wildman–Crippen MR) is 123 cm³/mol. The zero-order valence-corrected chi connectivity index (χ0v) is 18.7. The van der Waals surface area contributed by atoms with Crippen LogP contribution in [-0.2, 0) is 17.8 Å². The van der Waals surface area contributed by atoms with Crippen molar-refractivity contribution < 1.29 is 4.79 Å². The molecule has 2 aromatic heterocycles. The molecule has 1 saturated heterocycles. The first-order valence-corrected chi connectivity index (χ1v) is 12.1. The number of aromatic nitrogens is 2. The molecule has 0 radical (unpaired) electrons. The fourth-order valence-electron chi connectivity index (χ4n) is 5.26. The molecule has 31 heavy (non-hydrogen) atoms. The summed E-state index contributed by atoms with van der Waals surface area (Å²) in [5, 5.41) is 0. The summed E-state index contributed by atoms with van der Waals surface area (Å²) in [5.74, 6) is 0.803. The van der Waals surface area contributed by atoms with Gasteiger partial charge in [-0.3, -0.25) is 14.8 Å². The fraction of sp³-hybridized carbons (Fsp3) is 0.577. The van der Waals surface area contributed by atoms with Gasteiger partial charge in [0, 0.05) is 56.9 Å². The highest BCUT2D eigenvalue weighted by atomic mass is 16.2. The second-order valence-electron chi connectivity index (χ2n) is 9.29. The van der Waals surface area contributed by atoms with Crippen LogP contribution in [0.1, 0.15) is 62.5 Å². The van der Waals surface area contributed by atoms with Crippen LogP contribution in [0, 0.1) is 5.92 Å². The summed E-state index contributed by atoms with van der Waals surface area (Å²) in [6.45, 7) is 3.88. The molecule has 5 nitrogen and oxygen atoms in total. The number of likely N-dealkylation sites (tertiary alicyclic amines) is 1. The first kappa shape index (κ1) is 21.9. The summed E-state index contributed by atoms with van der Waals surface area (Å²) < 4.78 is 0. The van der Waals surface area contributed by atoms with E-state index in [1.807, 2.05) is 24.5 Å². The minimum atomic E-state index is 0.238. The van der Waals surface area contributed by atoms with Crippen LogP contribution in [0.5, 0.6) is 0 Å². The van der Waals surface area contributed by atoms with Gasteiger partial charge in [0.05, 0.1) is 0 Å². The molecular formula is C26H36N4O. The Morgan fingerprint density at radius 1 is 0.968 bits per heavy atom. The number of nitrogens with zero attached hydrogens (tertiary/aromatic N) is 4. The van der Waals surface area contributed by atoms with E-state index < -0.39 is 0 Å². The van der Waals surface area contributed by atoms with Gasteiger partial charge in [-0.15, -0.1) is 0 Å². The highest BCUT2D eigenvalue weighted by Crippen LogP contribution is 2.28. The third kappa shape index (κ3) is 6.60. The van der Waals surface area contributed by atoms with Gasteiger partial charge in [-0.05, 0) is 67.8 Å². The average molecular weight is 421 g/mol. The van der Waals surface area contributed by atoms with Gasteiger partial charge in [0.15, 0.2) is 0 Å². The summed E-state index contributed by atoms with van der Waals surface area (Å²) in [7, 11) is 0. The number of carbonyl (C=O) groups excluding carboxylic acids is 1. The Morgan fingerprint density at radius 2 is 1.71 bits per heavy atom. The quantitative estimate of drug-likeness (QED) is 0.632. The zero-order chi connectivity index (χ0) is 21.3. The van der Waals surface area contributed by atoms with E-state index in [1.54, 1.807) is 12.4 Å². The second kappa shape index (κ2) is 11.4. The topological polar surface area (TPSA) is 49.3 Å². The second-order valence-corrected chi connectivity index (χ2v) is 9.29. The van der Waals surface area contributed by atoms with Crippen molar-refractivity contribution in [2.45, 2.75) is 70.4 Å². The molecule has 0 bridgehead atoms. The molecule has 0 unspecified atom stereocenters. The van der Waals surface area contributed by atoms with E-state index in [-0.39, 0.29) is 5.91 Å². The van der Waals surface area contributed by atoms with Crippen molar-refractivity contribution in [3.8, 4) is 0 Å². The largest absolute Gasteiger partial charge is 0.338 e. The maximum atomic E-state index is 13.2. The standard InChI is InChI=1S/C26H36N4O/c31-26(13-12-22-7-4-14-27-17-22)30(19-23-8-5-15-28-18-23)21-24-9-6-16-29(20-24)25-10-2-1-3-11-25/h4-5,7-8,14-15,17-18,24-25H,1-3,6,9-13,16,19-21H2/t24-/m1/s1. The first-order chi connectivity index (χ1) is 15.3. The highest BCUT2D eigenvalue weighted by molar-refractivity contribution is 5.76. The van der Waals surface area contributed by atoms with Gasteiger partial charge in [0.2, 0.25) is 5.91 Å². The number of amides is 1. The van der Waals surface area contributed by atoms with E-state index in [0.29, 0.717) is 18.9 Å². The SMILES string of the molecule is O=C(CCc1cccnc1)N(Cc1cccnc1)C[C@@H]1CCCN(C2CCCCC2)C1. The lowest BCUT2D eigenvalue weighted by Gasteiger charge is -2.41. The van der Waals surface area contributed by atoms with E-state index in [2.05, 4.69) is 31.9 Å². The number of hydrogen-bond donors (Lipinski definition) is 0. The number of hydrogen-bond acceptors (Lipinski definition) is 4. The van der Waals surface area contributed by atoms with Crippen molar-refractivity contribution in [2.75, 3.05) is 19.6 Å². The number of aryl methyl sites for hydroxylation is 1. The Hall–Kier alpha value is -2.27. The van der Waals surface area contributed by atoms with Gasteiger partial charge in [-0.2, -0.15) is 0 Å². The molecule has 1 aliphatic heterocycles. The first-order valence-electron chi connectivity index (χ1n) is 12.1. The van der Waals surface area contributed by atoms with E-state index in [4.69, 9.17) is 0 Å². The van der Waals surface area contributed by atoms with Crippen LogP contribution < -0.4 is 0 Å². The normalized spacial score (nSPS) is 20.5. The van der Waals surface area contributed by atoms with Gasteiger partial charge < -0.3 is 9.80 Å². The lowest BCUT2D eigenvalue weighted by molar-refractivity contribution is -0.132. The molecule has 0 spiro atoms. The van der Waals surface area contributed by atoms with Crippen molar-refractivity contribution in [3.63, 3.8) is 0 Å². The van der Waals surface area contributed by atoms with Crippen molar-refractivity contribution in [1.29, 1.82) is 0 Å². The van der Waals surface area contributed by atoms with Crippen LogP contribution >= 0.6 is 0 Å². The Balaban J connectivity index is 1.38. The fourth-order valence-corrected chi connectivity index (χ4v) is 5.26. The molecule has 166 valence electrons. The predicted octanol–water partition coefficient (Wildman–Crippen LogP) is 4.48.